The first-order chi connectivity index (χ1) is 14.8. The lowest BCUT2D eigenvalue weighted by Gasteiger charge is -2.21. The summed E-state index contributed by atoms with van der Waals surface area (Å²) in [7, 11) is 0.560. The average Bonchev–Trinajstić information content (AvgIpc) is 3.17. The zero-order valence-electron chi connectivity index (χ0n) is 17.6. The standard InChI is InChI=1S/C22H26ClN3O3S2/c1-25(2)14-8-15-26(22-24-21-18(23)11-6-12-19(21)30-22)20(27)13-7-16-31(28,29)17-9-4-3-5-10-17/h3-6,9-12H,7-8,13-16H2,1-2H3. The van der Waals surface area contributed by atoms with E-state index in [9.17, 15) is 13.2 Å². The minimum Gasteiger partial charge on any atom is -0.309 e. The number of benzene rings is 2. The van der Waals surface area contributed by atoms with E-state index in [1.165, 1.54) is 11.3 Å². The van der Waals surface area contributed by atoms with Gasteiger partial charge in [-0.15, -0.1) is 0 Å². The summed E-state index contributed by atoms with van der Waals surface area (Å²) in [5, 5.41) is 1.15. The number of carbonyl (C=O) groups excluding carboxylic acids is 1. The fraction of sp³-hybridized carbons (Fsp3) is 0.364. The Morgan fingerprint density at radius 1 is 1.03 bits per heavy atom. The summed E-state index contributed by atoms with van der Waals surface area (Å²) in [6.45, 7) is 1.34. The fourth-order valence-corrected chi connectivity index (χ4v) is 5.83. The van der Waals surface area contributed by atoms with Crippen molar-refractivity contribution in [1.82, 2.24) is 9.88 Å². The molecular formula is C22H26ClN3O3S2. The molecular weight excluding hydrogens is 454 g/mol. The highest BCUT2D eigenvalue weighted by atomic mass is 35.5. The number of hydrogen-bond acceptors (Lipinski definition) is 6. The molecule has 2 aromatic carbocycles. The summed E-state index contributed by atoms with van der Waals surface area (Å²) in [5.41, 5.74) is 0.682. The number of carbonyl (C=O) groups is 1. The van der Waals surface area contributed by atoms with Crippen LogP contribution in [0.5, 0.6) is 0 Å². The summed E-state index contributed by atoms with van der Waals surface area (Å²) in [6.07, 6.45) is 1.17. The van der Waals surface area contributed by atoms with Gasteiger partial charge in [-0.05, 0) is 57.7 Å². The van der Waals surface area contributed by atoms with Crippen LogP contribution >= 0.6 is 22.9 Å². The van der Waals surface area contributed by atoms with Crippen LogP contribution < -0.4 is 4.90 Å². The van der Waals surface area contributed by atoms with E-state index >= 15 is 0 Å². The van der Waals surface area contributed by atoms with E-state index in [-0.39, 0.29) is 29.4 Å². The van der Waals surface area contributed by atoms with E-state index < -0.39 is 9.84 Å². The van der Waals surface area contributed by atoms with Crippen molar-refractivity contribution in [3.8, 4) is 0 Å². The predicted octanol–water partition coefficient (Wildman–Crippen LogP) is 4.49. The number of halogens is 1. The molecule has 1 aromatic heterocycles. The number of nitrogens with zero attached hydrogens (tertiary/aromatic N) is 3. The van der Waals surface area contributed by atoms with Gasteiger partial charge in [-0.3, -0.25) is 9.69 Å². The number of anilines is 1. The Kier molecular flexibility index (Phi) is 8.05. The second-order valence-corrected chi connectivity index (χ2v) is 11.0. The molecule has 1 amide bonds. The maximum atomic E-state index is 13.1. The molecule has 0 fully saturated rings. The molecule has 6 nitrogen and oxygen atoms in total. The lowest BCUT2D eigenvalue weighted by Crippen LogP contribution is -2.33. The molecule has 0 aliphatic heterocycles. The Morgan fingerprint density at radius 2 is 1.77 bits per heavy atom. The highest BCUT2D eigenvalue weighted by Crippen LogP contribution is 2.33. The van der Waals surface area contributed by atoms with Crippen LogP contribution in [0.15, 0.2) is 53.4 Å². The molecule has 0 radical (unpaired) electrons. The first-order valence-corrected chi connectivity index (χ1v) is 12.9. The minimum atomic E-state index is -3.41. The van der Waals surface area contributed by atoms with Crippen LogP contribution in [-0.4, -0.2) is 57.1 Å². The molecule has 0 aliphatic carbocycles. The summed E-state index contributed by atoms with van der Waals surface area (Å²) in [4.78, 5) is 21.7. The number of amides is 1. The number of thiazole rings is 1. The minimum absolute atomic E-state index is 0.0695. The largest absolute Gasteiger partial charge is 0.309 e. The van der Waals surface area contributed by atoms with Gasteiger partial charge in [-0.2, -0.15) is 0 Å². The predicted molar refractivity (Wildman–Crippen MR) is 128 cm³/mol. The van der Waals surface area contributed by atoms with Crippen molar-refractivity contribution in [2.24, 2.45) is 0 Å². The summed E-state index contributed by atoms with van der Waals surface area (Å²) in [5.74, 6) is -0.197. The first kappa shape index (κ1) is 23.7. The third kappa shape index (κ3) is 6.26. The van der Waals surface area contributed by atoms with Gasteiger partial charge in [0.2, 0.25) is 5.91 Å². The molecule has 0 N–H and O–H groups in total. The van der Waals surface area contributed by atoms with E-state index in [1.54, 1.807) is 41.3 Å². The molecule has 0 aliphatic rings. The van der Waals surface area contributed by atoms with Gasteiger partial charge in [-0.25, -0.2) is 13.4 Å². The quantitative estimate of drug-likeness (QED) is 0.428. The van der Waals surface area contributed by atoms with Crippen molar-refractivity contribution >= 4 is 54.0 Å². The fourth-order valence-electron chi connectivity index (χ4n) is 3.18. The van der Waals surface area contributed by atoms with Gasteiger partial charge in [-0.1, -0.05) is 47.2 Å². The highest BCUT2D eigenvalue weighted by Gasteiger charge is 2.21. The first-order valence-electron chi connectivity index (χ1n) is 10.1. The summed E-state index contributed by atoms with van der Waals surface area (Å²) < 4.78 is 25.9. The number of para-hydroxylation sites is 1. The monoisotopic (exact) mass is 479 g/mol. The average molecular weight is 480 g/mol. The van der Waals surface area contributed by atoms with Crippen LogP contribution in [0.3, 0.4) is 0 Å². The van der Waals surface area contributed by atoms with Crippen LogP contribution in [-0.2, 0) is 14.6 Å². The topological polar surface area (TPSA) is 70.6 Å². The third-order valence-corrected chi connectivity index (χ3v) is 7.95. The molecule has 3 aromatic rings. The van der Waals surface area contributed by atoms with Crippen molar-refractivity contribution in [2.45, 2.75) is 24.2 Å². The zero-order valence-corrected chi connectivity index (χ0v) is 20.0. The van der Waals surface area contributed by atoms with Crippen molar-refractivity contribution in [1.29, 1.82) is 0 Å². The normalized spacial score (nSPS) is 11.9. The lowest BCUT2D eigenvalue weighted by atomic mass is 10.3. The Hall–Kier alpha value is -2.00. The van der Waals surface area contributed by atoms with Crippen molar-refractivity contribution in [2.75, 3.05) is 37.8 Å². The molecule has 9 heteroatoms. The van der Waals surface area contributed by atoms with Crippen LogP contribution in [0.2, 0.25) is 5.02 Å². The Balaban J connectivity index is 1.72. The highest BCUT2D eigenvalue weighted by molar-refractivity contribution is 7.91. The molecule has 31 heavy (non-hydrogen) atoms. The van der Waals surface area contributed by atoms with Gasteiger partial charge in [0.25, 0.3) is 0 Å². The molecule has 0 spiro atoms. The van der Waals surface area contributed by atoms with Crippen molar-refractivity contribution in [3.63, 3.8) is 0 Å². The maximum absolute atomic E-state index is 13.1. The maximum Gasteiger partial charge on any atom is 0.228 e. The second kappa shape index (κ2) is 10.5. The molecule has 0 bridgehead atoms. The van der Waals surface area contributed by atoms with E-state index in [0.29, 0.717) is 22.2 Å². The molecule has 3 rings (SSSR count). The number of hydrogen-bond donors (Lipinski definition) is 0. The summed E-state index contributed by atoms with van der Waals surface area (Å²) in [6, 6.07) is 13.9. The SMILES string of the molecule is CN(C)CCCN(C(=O)CCCS(=O)(=O)c1ccccc1)c1nc2c(Cl)cccc2s1. The number of sulfone groups is 1. The summed E-state index contributed by atoms with van der Waals surface area (Å²) >= 11 is 7.68. The van der Waals surface area contributed by atoms with Crippen LogP contribution in [0.25, 0.3) is 10.2 Å². The van der Waals surface area contributed by atoms with Crippen LogP contribution in [0, 0.1) is 0 Å². The van der Waals surface area contributed by atoms with Crippen molar-refractivity contribution < 1.29 is 13.2 Å². The van der Waals surface area contributed by atoms with Gasteiger partial charge in [0, 0.05) is 13.0 Å². The number of fused-ring (bicyclic) bond motifs is 1. The Morgan fingerprint density at radius 3 is 2.45 bits per heavy atom. The van der Waals surface area contributed by atoms with Gasteiger partial charge in [0.1, 0.15) is 5.52 Å². The molecule has 0 saturated heterocycles. The zero-order chi connectivity index (χ0) is 22.4. The van der Waals surface area contributed by atoms with Crippen LogP contribution in [0.1, 0.15) is 19.3 Å². The molecule has 1 heterocycles. The lowest BCUT2D eigenvalue weighted by molar-refractivity contribution is -0.118. The van der Waals surface area contributed by atoms with Crippen molar-refractivity contribution in [3.05, 3.63) is 53.6 Å². The smallest absolute Gasteiger partial charge is 0.228 e. The molecule has 0 saturated carbocycles. The van der Waals surface area contributed by atoms with Gasteiger partial charge < -0.3 is 4.90 Å². The second-order valence-electron chi connectivity index (χ2n) is 7.52. The number of aromatic nitrogens is 1. The van der Waals surface area contributed by atoms with E-state index in [1.807, 2.05) is 26.2 Å². The van der Waals surface area contributed by atoms with Crippen LogP contribution in [0.4, 0.5) is 5.13 Å². The van der Waals surface area contributed by atoms with E-state index in [4.69, 9.17) is 11.6 Å². The van der Waals surface area contributed by atoms with E-state index in [0.717, 1.165) is 17.7 Å². The van der Waals surface area contributed by atoms with Gasteiger partial charge in [0.05, 0.1) is 20.4 Å². The number of rotatable bonds is 10. The molecule has 166 valence electrons. The molecule has 0 atom stereocenters. The Labute approximate surface area is 192 Å². The van der Waals surface area contributed by atoms with Gasteiger partial charge in [0.15, 0.2) is 15.0 Å². The Bertz CT molecular complexity index is 1130. The molecule has 0 unspecified atom stereocenters. The van der Waals surface area contributed by atoms with Gasteiger partial charge >= 0.3 is 0 Å². The third-order valence-electron chi connectivity index (χ3n) is 4.78. The van der Waals surface area contributed by atoms with E-state index in [2.05, 4.69) is 9.88 Å².